The van der Waals surface area contributed by atoms with Gasteiger partial charge >= 0.3 is 0 Å². The lowest BCUT2D eigenvalue weighted by atomic mass is 9.97. The molecule has 0 unspecified atom stereocenters. The van der Waals surface area contributed by atoms with Crippen LogP contribution < -0.4 is 10.3 Å². The molecule has 32 heavy (non-hydrogen) atoms. The maximum absolute atomic E-state index is 11.8. The van der Waals surface area contributed by atoms with E-state index in [1.165, 1.54) is 12.7 Å². The van der Waals surface area contributed by atoms with Gasteiger partial charge < -0.3 is 25.8 Å². The SMILES string of the molecule is Nc1ncnc2c1ncn2[C@]1(CCC[n+]2ccc(C(=O)CBr)cc2)O[C@H](CO)[C@@H](O)[C@H]1O. The highest BCUT2D eigenvalue weighted by atomic mass is 79.9. The average Bonchev–Trinajstić information content (AvgIpc) is 3.35. The molecule has 4 atom stereocenters. The molecule has 0 bridgehead atoms. The lowest BCUT2D eigenvalue weighted by Gasteiger charge is -2.33. The summed E-state index contributed by atoms with van der Waals surface area (Å²) < 4.78 is 9.49. The van der Waals surface area contributed by atoms with Crippen molar-refractivity contribution >= 4 is 38.7 Å². The Labute approximate surface area is 191 Å². The van der Waals surface area contributed by atoms with Gasteiger partial charge in [0.05, 0.1) is 18.3 Å². The van der Waals surface area contributed by atoms with Gasteiger partial charge in [0.2, 0.25) is 0 Å². The van der Waals surface area contributed by atoms with Crippen molar-refractivity contribution in [2.75, 3.05) is 17.7 Å². The van der Waals surface area contributed by atoms with E-state index in [9.17, 15) is 20.1 Å². The number of alkyl halides is 1. The minimum atomic E-state index is -1.41. The van der Waals surface area contributed by atoms with Gasteiger partial charge in [-0.2, -0.15) is 0 Å². The number of carbonyl (C=O) groups is 1. The van der Waals surface area contributed by atoms with Crippen LogP contribution in [0.15, 0.2) is 37.2 Å². The predicted molar refractivity (Wildman–Crippen MR) is 116 cm³/mol. The van der Waals surface area contributed by atoms with Gasteiger partial charge in [-0.25, -0.2) is 19.5 Å². The number of aliphatic hydroxyl groups excluding tert-OH is 3. The molecule has 4 heterocycles. The van der Waals surface area contributed by atoms with Gasteiger partial charge in [-0.05, 0) is 0 Å². The monoisotopic (exact) mass is 507 g/mol. The maximum Gasteiger partial charge on any atom is 0.176 e. The molecular formula is C20H24BrN6O5+. The van der Waals surface area contributed by atoms with E-state index in [4.69, 9.17) is 10.5 Å². The second-order valence-corrected chi connectivity index (χ2v) is 8.21. The Bertz CT molecular complexity index is 1110. The van der Waals surface area contributed by atoms with Crippen LogP contribution >= 0.6 is 15.9 Å². The molecule has 0 aromatic carbocycles. The number of carbonyl (C=O) groups excluding carboxylic acids is 1. The number of anilines is 1. The summed E-state index contributed by atoms with van der Waals surface area (Å²) in [6, 6.07) is 3.49. The van der Waals surface area contributed by atoms with E-state index in [1.807, 2.05) is 4.57 Å². The highest BCUT2D eigenvalue weighted by molar-refractivity contribution is 9.09. The number of pyridine rings is 1. The highest BCUT2D eigenvalue weighted by Gasteiger charge is 2.55. The van der Waals surface area contributed by atoms with Crippen LogP contribution in [0.5, 0.6) is 0 Å². The number of imidazole rings is 1. The second-order valence-electron chi connectivity index (χ2n) is 7.65. The topological polar surface area (TPSA) is 160 Å². The largest absolute Gasteiger partial charge is 0.394 e. The number of halogens is 1. The van der Waals surface area contributed by atoms with E-state index >= 15 is 0 Å². The molecule has 1 aliphatic heterocycles. The van der Waals surface area contributed by atoms with Crippen molar-refractivity contribution in [3.8, 4) is 0 Å². The van der Waals surface area contributed by atoms with E-state index in [-0.39, 0.29) is 23.4 Å². The molecule has 3 aromatic heterocycles. The van der Waals surface area contributed by atoms with E-state index < -0.39 is 30.6 Å². The molecule has 4 rings (SSSR count). The van der Waals surface area contributed by atoms with Gasteiger partial charge in [0.1, 0.15) is 36.7 Å². The first-order valence-corrected chi connectivity index (χ1v) is 11.2. The molecular weight excluding hydrogens is 484 g/mol. The van der Waals surface area contributed by atoms with Crippen molar-refractivity contribution in [2.45, 2.75) is 43.4 Å². The summed E-state index contributed by atoms with van der Waals surface area (Å²) in [5.41, 5.74) is 5.81. The van der Waals surface area contributed by atoms with Crippen LogP contribution in [-0.2, 0) is 17.0 Å². The van der Waals surface area contributed by atoms with E-state index in [0.717, 1.165) is 0 Å². The van der Waals surface area contributed by atoms with Gasteiger partial charge in [-0.3, -0.25) is 9.36 Å². The van der Waals surface area contributed by atoms with Crippen molar-refractivity contribution < 1.29 is 29.4 Å². The van der Waals surface area contributed by atoms with Crippen molar-refractivity contribution in [2.24, 2.45) is 0 Å². The molecule has 3 aromatic rings. The second kappa shape index (κ2) is 9.16. The molecule has 0 radical (unpaired) electrons. The van der Waals surface area contributed by atoms with Crippen LogP contribution in [0.1, 0.15) is 23.2 Å². The molecule has 5 N–H and O–H groups in total. The lowest BCUT2D eigenvalue weighted by molar-refractivity contribution is -0.697. The number of aromatic nitrogens is 5. The molecule has 170 valence electrons. The summed E-state index contributed by atoms with van der Waals surface area (Å²) in [5, 5.41) is 31.3. The van der Waals surface area contributed by atoms with Gasteiger partial charge in [0.25, 0.3) is 0 Å². The number of nitrogens with zero attached hydrogens (tertiary/aromatic N) is 5. The number of nitrogen functional groups attached to an aromatic ring is 1. The zero-order valence-electron chi connectivity index (χ0n) is 17.1. The lowest BCUT2D eigenvalue weighted by Crippen LogP contribution is -2.46. The fourth-order valence-corrected chi connectivity index (χ4v) is 4.38. The first kappa shape index (κ1) is 22.7. The summed E-state index contributed by atoms with van der Waals surface area (Å²) >= 11 is 3.16. The summed E-state index contributed by atoms with van der Waals surface area (Å²) in [6.45, 7) is 0.103. The third-order valence-corrected chi connectivity index (χ3v) is 6.27. The number of Topliss-reactive ketones (excluding diaryl/α,β-unsaturated/α-hetero) is 1. The summed E-state index contributed by atoms with van der Waals surface area (Å²) in [6.07, 6.45) is 3.57. The van der Waals surface area contributed by atoms with E-state index in [0.29, 0.717) is 29.7 Å². The van der Waals surface area contributed by atoms with Crippen molar-refractivity contribution in [1.82, 2.24) is 19.5 Å². The highest BCUT2D eigenvalue weighted by Crippen LogP contribution is 2.41. The number of rotatable bonds is 8. The van der Waals surface area contributed by atoms with Gasteiger partial charge in [0, 0.05) is 30.5 Å². The van der Waals surface area contributed by atoms with Crippen molar-refractivity contribution in [1.29, 1.82) is 0 Å². The first-order valence-electron chi connectivity index (χ1n) is 10.1. The zero-order valence-corrected chi connectivity index (χ0v) is 18.7. The standard InChI is InChI=1S/C20H23BrN6O5/c21-8-13(29)12-2-6-26(7-3-12)5-1-4-20(17(31)16(30)14(9-28)32-20)27-11-25-15-18(22)23-10-24-19(15)27/h2-3,6-7,10-11,14,16-17,22,28,30-31H,1,4-5,8-9H2/p+1/t14-,16-,17-,20-/m1/s1. The minimum absolute atomic E-state index is 0.00383. The van der Waals surface area contributed by atoms with Crippen LogP contribution in [0.2, 0.25) is 0 Å². The van der Waals surface area contributed by atoms with Crippen LogP contribution in [-0.4, -0.2) is 70.9 Å². The summed E-state index contributed by atoms with van der Waals surface area (Å²) in [7, 11) is 0. The van der Waals surface area contributed by atoms with Crippen molar-refractivity contribution in [3.63, 3.8) is 0 Å². The summed E-state index contributed by atoms with van der Waals surface area (Å²) in [4.78, 5) is 24.2. The van der Waals surface area contributed by atoms with Crippen LogP contribution in [0.3, 0.4) is 0 Å². The molecule has 11 nitrogen and oxygen atoms in total. The number of aliphatic hydroxyl groups is 3. The number of fused-ring (bicyclic) bond motifs is 1. The quantitative estimate of drug-likeness (QED) is 0.179. The Morgan fingerprint density at radius 2 is 2.03 bits per heavy atom. The average molecular weight is 508 g/mol. The third-order valence-electron chi connectivity index (χ3n) is 5.76. The maximum atomic E-state index is 11.8. The smallest absolute Gasteiger partial charge is 0.176 e. The number of hydrogen-bond acceptors (Lipinski definition) is 9. The van der Waals surface area contributed by atoms with E-state index in [1.54, 1.807) is 29.1 Å². The minimum Gasteiger partial charge on any atom is -0.394 e. The Hall–Kier alpha value is -2.51. The number of hydrogen-bond donors (Lipinski definition) is 4. The van der Waals surface area contributed by atoms with Crippen LogP contribution in [0.25, 0.3) is 11.2 Å². The Morgan fingerprint density at radius 3 is 2.69 bits per heavy atom. The molecule has 0 amide bonds. The molecule has 1 aliphatic rings. The molecule has 0 aliphatic carbocycles. The van der Waals surface area contributed by atoms with E-state index in [2.05, 4.69) is 30.9 Å². The predicted octanol–water partition coefficient (Wildman–Crippen LogP) is -0.480. The van der Waals surface area contributed by atoms with Crippen LogP contribution in [0.4, 0.5) is 5.82 Å². The molecule has 1 saturated heterocycles. The molecule has 0 spiro atoms. The Kier molecular flexibility index (Phi) is 6.49. The fraction of sp³-hybridized carbons (Fsp3) is 0.450. The molecule has 12 heteroatoms. The summed E-state index contributed by atoms with van der Waals surface area (Å²) in [5.74, 6) is 0.181. The zero-order chi connectivity index (χ0) is 22.9. The number of nitrogens with two attached hydrogens (primary N) is 1. The number of aryl methyl sites for hydroxylation is 1. The molecule has 0 saturated carbocycles. The van der Waals surface area contributed by atoms with Gasteiger partial charge in [-0.15, -0.1) is 0 Å². The van der Waals surface area contributed by atoms with Gasteiger partial charge in [0.15, 0.2) is 35.4 Å². The van der Waals surface area contributed by atoms with Crippen LogP contribution in [0, 0.1) is 0 Å². The third kappa shape index (κ3) is 3.88. The normalized spacial score (nSPS) is 25.4. The number of ether oxygens (including phenoxy) is 1. The Morgan fingerprint density at radius 1 is 1.28 bits per heavy atom. The fourth-order valence-electron chi connectivity index (χ4n) is 4.06. The first-order chi connectivity index (χ1) is 15.4. The number of ketones is 1. The Balaban J connectivity index is 1.61. The van der Waals surface area contributed by atoms with Crippen molar-refractivity contribution in [3.05, 3.63) is 42.7 Å². The van der Waals surface area contributed by atoms with Gasteiger partial charge in [-0.1, -0.05) is 15.9 Å². The molecule has 1 fully saturated rings.